The average Bonchev–Trinajstić information content (AvgIpc) is 2.34. The molecule has 0 atom stereocenters. The van der Waals surface area contributed by atoms with Crippen LogP contribution in [0.5, 0.6) is 0 Å². The first kappa shape index (κ1) is 14.5. The minimum absolute atomic E-state index is 0.0492. The minimum Gasteiger partial charge on any atom is -0.481 e. The number of benzene rings is 1. The smallest absolute Gasteiger partial charge is 0.303 e. The van der Waals surface area contributed by atoms with Gasteiger partial charge < -0.3 is 5.11 Å². The fourth-order valence-corrected chi connectivity index (χ4v) is 2.05. The van der Waals surface area contributed by atoms with Crippen LogP contribution in [0, 0.1) is 0 Å². The molecule has 0 aliphatic carbocycles. The van der Waals surface area contributed by atoms with E-state index in [4.69, 9.17) is 5.11 Å². The Hall–Kier alpha value is -1.55. The van der Waals surface area contributed by atoms with Crippen LogP contribution in [0.4, 0.5) is 0 Å². The number of hydrogen-bond acceptors (Lipinski definition) is 3. The number of ketones is 1. The third-order valence-electron chi connectivity index (χ3n) is 2.23. The number of rotatable bonds is 7. The van der Waals surface area contributed by atoms with Gasteiger partial charge in [-0.15, -0.1) is 11.8 Å². The molecule has 96 valence electrons. The molecule has 1 rings (SSSR count). The summed E-state index contributed by atoms with van der Waals surface area (Å²) in [5.74, 6) is -0.224. The van der Waals surface area contributed by atoms with Gasteiger partial charge in [0.2, 0.25) is 0 Å². The van der Waals surface area contributed by atoms with Gasteiger partial charge in [-0.1, -0.05) is 24.3 Å². The highest BCUT2D eigenvalue weighted by molar-refractivity contribution is 7.99. The van der Waals surface area contributed by atoms with Gasteiger partial charge >= 0.3 is 5.97 Å². The van der Waals surface area contributed by atoms with Crippen LogP contribution in [0.1, 0.15) is 30.1 Å². The Morgan fingerprint density at radius 3 is 2.33 bits per heavy atom. The van der Waals surface area contributed by atoms with Gasteiger partial charge in [0.1, 0.15) is 0 Å². The van der Waals surface area contributed by atoms with Gasteiger partial charge in [0.15, 0.2) is 5.78 Å². The summed E-state index contributed by atoms with van der Waals surface area (Å²) in [6, 6.07) is 7.24. The highest BCUT2D eigenvalue weighted by Gasteiger charge is 2.08. The summed E-state index contributed by atoms with van der Waals surface area (Å²) in [5, 5.41) is 8.51. The second-order valence-corrected chi connectivity index (χ2v) is 5.14. The Labute approximate surface area is 111 Å². The predicted octanol–water partition coefficient (Wildman–Crippen LogP) is 3.40. The van der Waals surface area contributed by atoms with Crippen molar-refractivity contribution in [2.24, 2.45) is 0 Å². The van der Waals surface area contributed by atoms with Crippen molar-refractivity contribution in [2.45, 2.75) is 24.7 Å². The van der Waals surface area contributed by atoms with E-state index in [1.165, 1.54) is 0 Å². The molecule has 0 amide bonds. The molecular formula is C14H16O3S. The molecule has 0 aromatic heterocycles. The van der Waals surface area contributed by atoms with Gasteiger partial charge in [-0.05, 0) is 19.1 Å². The topological polar surface area (TPSA) is 54.4 Å². The summed E-state index contributed by atoms with van der Waals surface area (Å²) in [5.41, 5.74) is 1.66. The first-order valence-corrected chi connectivity index (χ1v) is 6.60. The quantitative estimate of drug-likeness (QED) is 0.466. The summed E-state index contributed by atoms with van der Waals surface area (Å²) >= 11 is 1.66. The molecule has 0 aliphatic rings. The Kier molecular flexibility index (Phi) is 5.65. The van der Waals surface area contributed by atoms with Crippen molar-refractivity contribution in [3.8, 4) is 0 Å². The van der Waals surface area contributed by atoms with Crippen molar-refractivity contribution in [1.29, 1.82) is 0 Å². The molecular weight excluding hydrogens is 248 g/mol. The summed E-state index contributed by atoms with van der Waals surface area (Å²) in [6.45, 7) is 5.80. The van der Waals surface area contributed by atoms with Crippen LogP contribution in [-0.4, -0.2) is 22.6 Å². The molecule has 18 heavy (non-hydrogen) atoms. The fraction of sp³-hybridized carbons (Fsp3) is 0.286. The maximum Gasteiger partial charge on any atom is 0.303 e. The molecule has 0 saturated heterocycles. The number of Topliss-reactive ketones (excluding diaryl/α,β-unsaturated/α-hetero) is 1. The molecule has 0 fully saturated rings. The van der Waals surface area contributed by atoms with Gasteiger partial charge in [-0.3, -0.25) is 9.59 Å². The summed E-state index contributed by atoms with van der Waals surface area (Å²) in [6.07, 6.45) is -0.0709. The number of carboxylic acids is 1. The number of aliphatic carboxylic acids is 1. The molecule has 0 spiro atoms. The fourth-order valence-electron chi connectivity index (χ4n) is 1.31. The predicted molar refractivity (Wildman–Crippen MR) is 73.2 cm³/mol. The van der Waals surface area contributed by atoms with Gasteiger partial charge in [0.25, 0.3) is 0 Å². The van der Waals surface area contributed by atoms with Crippen LogP contribution in [0.15, 0.2) is 41.3 Å². The molecule has 0 unspecified atom stereocenters. The number of carbonyl (C=O) groups is 2. The zero-order valence-electron chi connectivity index (χ0n) is 10.3. The average molecular weight is 264 g/mol. The molecule has 0 radical (unpaired) electrons. The summed E-state index contributed by atoms with van der Waals surface area (Å²) in [7, 11) is 0. The van der Waals surface area contributed by atoms with E-state index in [1.807, 2.05) is 19.1 Å². The van der Waals surface area contributed by atoms with Crippen LogP contribution < -0.4 is 0 Å². The Morgan fingerprint density at radius 1 is 1.22 bits per heavy atom. The van der Waals surface area contributed by atoms with E-state index in [1.54, 1.807) is 23.9 Å². The maximum atomic E-state index is 11.6. The van der Waals surface area contributed by atoms with Gasteiger partial charge in [0, 0.05) is 22.6 Å². The van der Waals surface area contributed by atoms with Crippen molar-refractivity contribution < 1.29 is 14.7 Å². The van der Waals surface area contributed by atoms with E-state index < -0.39 is 5.97 Å². The summed E-state index contributed by atoms with van der Waals surface area (Å²) < 4.78 is 0. The van der Waals surface area contributed by atoms with Crippen molar-refractivity contribution in [2.75, 3.05) is 5.75 Å². The lowest BCUT2D eigenvalue weighted by atomic mass is 10.1. The minimum atomic E-state index is -0.947. The van der Waals surface area contributed by atoms with E-state index in [2.05, 4.69) is 6.58 Å². The Morgan fingerprint density at radius 2 is 1.83 bits per heavy atom. The molecule has 0 aliphatic heterocycles. The largest absolute Gasteiger partial charge is 0.481 e. The van der Waals surface area contributed by atoms with Gasteiger partial charge in [-0.2, -0.15) is 0 Å². The number of thioether (sulfide) groups is 1. The molecule has 1 N–H and O–H groups in total. The van der Waals surface area contributed by atoms with Crippen molar-refractivity contribution in [3.63, 3.8) is 0 Å². The Bertz CT molecular complexity index is 449. The van der Waals surface area contributed by atoms with Crippen molar-refractivity contribution in [3.05, 3.63) is 42.0 Å². The van der Waals surface area contributed by atoms with Crippen LogP contribution in [0.2, 0.25) is 0 Å². The zero-order valence-corrected chi connectivity index (χ0v) is 11.1. The highest BCUT2D eigenvalue weighted by atomic mass is 32.2. The Balaban J connectivity index is 2.56. The number of hydrogen-bond donors (Lipinski definition) is 1. The van der Waals surface area contributed by atoms with E-state index >= 15 is 0 Å². The van der Waals surface area contributed by atoms with E-state index in [9.17, 15) is 9.59 Å². The lowest BCUT2D eigenvalue weighted by Crippen LogP contribution is -2.03. The first-order chi connectivity index (χ1) is 8.49. The van der Waals surface area contributed by atoms with Crippen molar-refractivity contribution >= 4 is 23.5 Å². The molecule has 0 saturated carbocycles. The van der Waals surface area contributed by atoms with E-state index in [0.29, 0.717) is 5.56 Å². The molecule has 0 heterocycles. The van der Waals surface area contributed by atoms with Crippen LogP contribution in [-0.2, 0) is 4.79 Å². The van der Waals surface area contributed by atoms with Crippen LogP contribution in [0.25, 0.3) is 0 Å². The number of carbonyl (C=O) groups excluding carboxylic acids is 1. The number of carboxylic acid groups (broad SMARTS) is 1. The standard InChI is InChI=1S/C14H16O3S/c1-10(2)9-18-12-5-3-11(4-6-12)13(15)7-8-14(16)17/h3-6H,1,7-9H2,2H3,(H,16,17). The molecule has 1 aromatic carbocycles. The molecule has 1 aromatic rings. The van der Waals surface area contributed by atoms with Crippen molar-refractivity contribution in [1.82, 2.24) is 0 Å². The molecule has 4 heteroatoms. The second kappa shape index (κ2) is 7.01. The second-order valence-electron chi connectivity index (χ2n) is 4.09. The van der Waals surface area contributed by atoms with Gasteiger partial charge in [0.05, 0.1) is 6.42 Å². The maximum absolute atomic E-state index is 11.6. The third-order valence-corrected chi connectivity index (χ3v) is 3.47. The van der Waals surface area contributed by atoms with Crippen LogP contribution in [0.3, 0.4) is 0 Å². The normalized spacial score (nSPS) is 10.1. The first-order valence-electron chi connectivity index (χ1n) is 5.61. The molecule has 0 bridgehead atoms. The van der Waals surface area contributed by atoms with Gasteiger partial charge in [-0.25, -0.2) is 0 Å². The highest BCUT2D eigenvalue weighted by Crippen LogP contribution is 2.20. The van der Waals surface area contributed by atoms with Crippen LogP contribution >= 0.6 is 11.8 Å². The molecule has 3 nitrogen and oxygen atoms in total. The summed E-state index contributed by atoms with van der Waals surface area (Å²) in [4.78, 5) is 23.1. The lowest BCUT2D eigenvalue weighted by Gasteiger charge is -2.03. The monoisotopic (exact) mass is 264 g/mol. The van der Waals surface area contributed by atoms with E-state index in [-0.39, 0.29) is 18.6 Å². The lowest BCUT2D eigenvalue weighted by molar-refractivity contribution is -0.136. The zero-order chi connectivity index (χ0) is 13.5. The SMILES string of the molecule is C=C(C)CSc1ccc(C(=O)CCC(=O)O)cc1. The third kappa shape index (κ3) is 5.19. The van der Waals surface area contributed by atoms with E-state index in [0.717, 1.165) is 16.2 Å².